The first kappa shape index (κ1) is 18.0. The number of halogens is 3. The van der Waals surface area contributed by atoms with Gasteiger partial charge in [-0.15, -0.1) is 0 Å². The van der Waals surface area contributed by atoms with E-state index in [9.17, 15) is 13.2 Å². The zero-order valence-electron chi connectivity index (χ0n) is 13.3. The van der Waals surface area contributed by atoms with E-state index in [1.807, 2.05) is 0 Å². The number of hydrogen-bond donors (Lipinski definition) is 1. The van der Waals surface area contributed by atoms with Gasteiger partial charge in [0.1, 0.15) is 0 Å². The van der Waals surface area contributed by atoms with E-state index in [-0.39, 0.29) is 0 Å². The maximum absolute atomic E-state index is 12.6. The van der Waals surface area contributed by atoms with Crippen LogP contribution in [0.15, 0.2) is 18.2 Å². The zero-order chi connectivity index (χ0) is 16.0. The molecule has 1 N–H and O–H groups in total. The molecule has 4 heteroatoms. The summed E-state index contributed by atoms with van der Waals surface area (Å²) in [5, 5.41) is 3.51. The van der Waals surface area contributed by atoms with Crippen molar-refractivity contribution in [1.82, 2.24) is 5.32 Å². The van der Waals surface area contributed by atoms with Crippen LogP contribution in [0.2, 0.25) is 0 Å². The number of rotatable bonds is 7. The third kappa shape index (κ3) is 5.70. The predicted octanol–water partition coefficient (Wildman–Crippen LogP) is 4.97. The second-order valence-electron chi connectivity index (χ2n) is 5.98. The van der Waals surface area contributed by atoms with Gasteiger partial charge in [-0.1, -0.05) is 26.8 Å². The van der Waals surface area contributed by atoms with Gasteiger partial charge in [0.15, 0.2) is 0 Å². The Morgan fingerprint density at radius 2 is 1.86 bits per heavy atom. The van der Waals surface area contributed by atoms with Crippen molar-refractivity contribution in [3.8, 4) is 0 Å². The highest BCUT2D eigenvalue weighted by Crippen LogP contribution is 2.30. The molecule has 0 heterocycles. The summed E-state index contributed by atoms with van der Waals surface area (Å²) in [7, 11) is 0. The Morgan fingerprint density at radius 3 is 2.33 bits per heavy atom. The molecule has 0 aliphatic rings. The van der Waals surface area contributed by atoms with Crippen LogP contribution in [0.25, 0.3) is 0 Å². The van der Waals surface area contributed by atoms with Gasteiger partial charge < -0.3 is 5.32 Å². The number of aryl methyl sites for hydroxylation is 2. The van der Waals surface area contributed by atoms with E-state index in [0.717, 1.165) is 36.9 Å². The van der Waals surface area contributed by atoms with Gasteiger partial charge in [0, 0.05) is 6.04 Å². The standard InChI is InChI=1S/C17H26F3N/c1-5-10-21-16(12(2)3)9-7-14-6-8-15(11-13(14)4)17(18,19)20/h6,8,11-12,16,21H,5,7,9-10H2,1-4H3. The van der Waals surface area contributed by atoms with Gasteiger partial charge in [-0.2, -0.15) is 13.2 Å². The monoisotopic (exact) mass is 301 g/mol. The Labute approximate surface area is 125 Å². The Kier molecular flexibility index (Phi) is 6.72. The summed E-state index contributed by atoms with van der Waals surface area (Å²) < 4.78 is 37.9. The zero-order valence-corrected chi connectivity index (χ0v) is 13.3. The molecule has 0 bridgehead atoms. The molecule has 0 saturated heterocycles. The Morgan fingerprint density at radius 1 is 1.19 bits per heavy atom. The lowest BCUT2D eigenvalue weighted by molar-refractivity contribution is -0.137. The molecule has 0 saturated carbocycles. The van der Waals surface area contributed by atoms with Crippen molar-refractivity contribution >= 4 is 0 Å². The maximum Gasteiger partial charge on any atom is 0.416 e. The summed E-state index contributed by atoms with van der Waals surface area (Å²) >= 11 is 0. The van der Waals surface area contributed by atoms with E-state index >= 15 is 0 Å². The minimum Gasteiger partial charge on any atom is -0.314 e. The van der Waals surface area contributed by atoms with Crippen LogP contribution in [0.4, 0.5) is 13.2 Å². The lowest BCUT2D eigenvalue weighted by Crippen LogP contribution is -2.34. The Bertz CT molecular complexity index is 438. The summed E-state index contributed by atoms with van der Waals surface area (Å²) in [5.41, 5.74) is 1.17. The minimum absolute atomic E-state index is 0.409. The van der Waals surface area contributed by atoms with Gasteiger partial charge >= 0.3 is 6.18 Å². The van der Waals surface area contributed by atoms with Crippen LogP contribution < -0.4 is 5.32 Å². The number of benzene rings is 1. The Hall–Kier alpha value is -1.03. The molecule has 0 fully saturated rings. The molecule has 1 rings (SSSR count). The number of nitrogens with one attached hydrogen (secondary N) is 1. The van der Waals surface area contributed by atoms with Gasteiger partial charge in [0.2, 0.25) is 0 Å². The lowest BCUT2D eigenvalue weighted by Gasteiger charge is -2.23. The first-order valence-electron chi connectivity index (χ1n) is 7.65. The fourth-order valence-electron chi connectivity index (χ4n) is 2.46. The molecule has 21 heavy (non-hydrogen) atoms. The van der Waals surface area contributed by atoms with Crippen molar-refractivity contribution < 1.29 is 13.2 Å². The average Bonchev–Trinajstić information content (AvgIpc) is 2.38. The molecule has 0 radical (unpaired) electrons. The molecule has 0 aliphatic heterocycles. The van der Waals surface area contributed by atoms with Crippen LogP contribution >= 0.6 is 0 Å². The fraction of sp³-hybridized carbons (Fsp3) is 0.647. The molecular formula is C17H26F3N. The highest BCUT2D eigenvalue weighted by molar-refractivity contribution is 5.32. The molecule has 0 aliphatic carbocycles. The van der Waals surface area contributed by atoms with E-state index in [0.29, 0.717) is 12.0 Å². The molecule has 120 valence electrons. The third-order valence-electron chi connectivity index (χ3n) is 3.86. The van der Waals surface area contributed by atoms with Crippen molar-refractivity contribution in [1.29, 1.82) is 0 Å². The van der Waals surface area contributed by atoms with Crippen molar-refractivity contribution in [3.05, 3.63) is 34.9 Å². The van der Waals surface area contributed by atoms with Gasteiger partial charge in [0.25, 0.3) is 0 Å². The van der Waals surface area contributed by atoms with Crippen LogP contribution in [0.3, 0.4) is 0 Å². The van der Waals surface area contributed by atoms with Crippen molar-refractivity contribution in [3.63, 3.8) is 0 Å². The molecule has 1 unspecified atom stereocenters. The first-order valence-corrected chi connectivity index (χ1v) is 7.65. The van der Waals surface area contributed by atoms with Gasteiger partial charge in [0.05, 0.1) is 5.56 Å². The van der Waals surface area contributed by atoms with Crippen LogP contribution in [-0.4, -0.2) is 12.6 Å². The van der Waals surface area contributed by atoms with E-state index < -0.39 is 11.7 Å². The van der Waals surface area contributed by atoms with Crippen LogP contribution in [0.1, 0.15) is 50.3 Å². The first-order chi connectivity index (χ1) is 9.75. The quantitative estimate of drug-likeness (QED) is 0.749. The highest BCUT2D eigenvalue weighted by atomic mass is 19.4. The largest absolute Gasteiger partial charge is 0.416 e. The van der Waals surface area contributed by atoms with E-state index in [1.54, 1.807) is 13.0 Å². The van der Waals surface area contributed by atoms with Gasteiger partial charge in [-0.3, -0.25) is 0 Å². The van der Waals surface area contributed by atoms with E-state index in [2.05, 4.69) is 26.1 Å². The topological polar surface area (TPSA) is 12.0 Å². The van der Waals surface area contributed by atoms with E-state index in [4.69, 9.17) is 0 Å². The van der Waals surface area contributed by atoms with Gasteiger partial charge in [-0.05, 0) is 61.9 Å². The SMILES string of the molecule is CCCNC(CCc1ccc(C(F)(F)F)cc1C)C(C)C. The molecular weight excluding hydrogens is 275 g/mol. The second kappa shape index (κ2) is 7.83. The predicted molar refractivity (Wildman–Crippen MR) is 81.4 cm³/mol. The summed E-state index contributed by atoms with van der Waals surface area (Å²) in [5.74, 6) is 0.520. The molecule has 1 atom stereocenters. The van der Waals surface area contributed by atoms with Crippen LogP contribution in [-0.2, 0) is 12.6 Å². The number of alkyl halides is 3. The molecule has 1 nitrogen and oxygen atoms in total. The van der Waals surface area contributed by atoms with Crippen molar-refractivity contribution in [2.75, 3.05) is 6.54 Å². The summed E-state index contributed by atoms with van der Waals surface area (Å²) in [4.78, 5) is 0. The highest BCUT2D eigenvalue weighted by Gasteiger charge is 2.30. The van der Waals surface area contributed by atoms with Crippen molar-refractivity contribution in [2.45, 2.75) is 59.2 Å². The molecule has 1 aromatic carbocycles. The maximum atomic E-state index is 12.6. The van der Waals surface area contributed by atoms with Gasteiger partial charge in [-0.25, -0.2) is 0 Å². The van der Waals surface area contributed by atoms with E-state index in [1.165, 1.54) is 12.1 Å². The van der Waals surface area contributed by atoms with Crippen molar-refractivity contribution in [2.24, 2.45) is 5.92 Å². The Balaban J connectivity index is 2.70. The molecule has 0 amide bonds. The number of hydrogen-bond acceptors (Lipinski definition) is 1. The minimum atomic E-state index is -4.26. The third-order valence-corrected chi connectivity index (χ3v) is 3.86. The normalized spacial score (nSPS) is 13.7. The lowest BCUT2D eigenvalue weighted by atomic mass is 9.94. The smallest absolute Gasteiger partial charge is 0.314 e. The molecule has 0 spiro atoms. The molecule has 1 aromatic rings. The average molecular weight is 301 g/mol. The van der Waals surface area contributed by atoms with Crippen LogP contribution in [0.5, 0.6) is 0 Å². The molecule has 0 aromatic heterocycles. The second-order valence-corrected chi connectivity index (χ2v) is 5.98. The summed E-state index contributed by atoms with van der Waals surface area (Å²) in [6, 6.07) is 4.47. The fourth-order valence-corrected chi connectivity index (χ4v) is 2.46. The van der Waals surface area contributed by atoms with Crippen LogP contribution in [0, 0.1) is 12.8 Å². The summed E-state index contributed by atoms with van der Waals surface area (Å²) in [6.07, 6.45) is -1.41. The summed E-state index contributed by atoms with van der Waals surface area (Å²) in [6.45, 7) is 9.22.